The smallest absolute Gasteiger partial charge is 0 e. The average Bonchev–Trinajstić information content (AvgIpc) is 2.87. The zero-order valence-corrected chi connectivity index (χ0v) is 10.3. The second-order valence-electron chi connectivity index (χ2n) is 3.30. The van der Waals surface area contributed by atoms with E-state index in [0.29, 0.717) is 0 Å². The molecule has 2 rings (SSSR count). The van der Waals surface area contributed by atoms with E-state index in [4.69, 9.17) is 2.97 Å². The summed E-state index contributed by atoms with van der Waals surface area (Å²) in [5.41, 5.74) is 2.79. The molecule has 1 aliphatic rings. The molecule has 0 aromatic heterocycles. The van der Waals surface area contributed by atoms with E-state index in [0.717, 1.165) is 0 Å². The second kappa shape index (κ2) is 9.26. The summed E-state index contributed by atoms with van der Waals surface area (Å²) in [6.07, 6.45) is 7.56. The third kappa shape index (κ3) is 7.75. The third-order valence-corrected chi connectivity index (χ3v) is 1.90. The molecule has 0 saturated heterocycles. The van der Waals surface area contributed by atoms with Crippen molar-refractivity contribution in [2.45, 2.75) is 34.1 Å². The van der Waals surface area contributed by atoms with Gasteiger partial charge in [-0.1, -0.05) is 73.5 Å². The van der Waals surface area contributed by atoms with E-state index in [1.54, 1.807) is 0 Å². The molecule has 0 unspecified atom stereocenters. The van der Waals surface area contributed by atoms with E-state index < -0.39 is 0 Å². The fraction of sp³-hybridized carbons (Fsp3) is 0.333. The highest BCUT2D eigenvalue weighted by molar-refractivity contribution is 5.20. The van der Waals surface area contributed by atoms with Crippen molar-refractivity contribution in [1.29, 1.82) is 0 Å². The maximum absolute atomic E-state index is 5.00. The number of benzene rings is 1. The number of hydrogen-bond donors (Lipinski definition) is 0. The van der Waals surface area contributed by atoms with Gasteiger partial charge in [0.05, 0.1) is 0 Å². The van der Waals surface area contributed by atoms with Crippen molar-refractivity contribution in [1.82, 2.24) is 0 Å². The van der Waals surface area contributed by atoms with Gasteiger partial charge in [-0.25, -0.2) is 0 Å². The summed E-state index contributed by atoms with van der Waals surface area (Å²) in [6, 6.07) is 10.3. The molecule has 0 aliphatic heterocycles. The number of aryl methyl sites for hydroxylation is 1. The highest BCUT2D eigenvalue weighted by atomic mass is 13.9. The van der Waals surface area contributed by atoms with Gasteiger partial charge in [0, 0.05) is 2.97 Å². The van der Waals surface area contributed by atoms with Gasteiger partial charge in [0.15, 0.2) is 0 Å². The molecule has 0 spiro atoms. The van der Waals surface area contributed by atoms with Gasteiger partial charge < -0.3 is 0 Å². The van der Waals surface area contributed by atoms with Crippen LogP contribution in [0.25, 0.3) is 0 Å². The molecule has 0 heteroatoms. The van der Waals surface area contributed by atoms with E-state index in [1.165, 1.54) is 17.6 Å². The minimum Gasteiger partial charge on any atom is -0.0805 e. The van der Waals surface area contributed by atoms with Gasteiger partial charge in [-0.15, -0.1) is 0 Å². The van der Waals surface area contributed by atoms with Crippen molar-refractivity contribution < 1.29 is 2.97 Å². The predicted octanol–water partition coefficient (Wildman–Crippen LogP) is 5.16. The lowest BCUT2D eigenvalue weighted by Crippen LogP contribution is -1.62. The Balaban J connectivity index is 0. The summed E-state index contributed by atoms with van der Waals surface area (Å²) < 4.78 is 10.0. The van der Waals surface area contributed by atoms with Crippen LogP contribution < -0.4 is 0 Å². The molecule has 1 aromatic rings. The first-order valence-corrected chi connectivity index (χ1v) is 5.63. The van der Waals surface area contributed by atoms with Gasteiger partial charge in [-0.2, -0.15) is 0 Å². The van der Waals surface area contributed by atoms with Crippen LogP contribution in [0.5, 0.6) is 0 Å². The molecule has 84 valence electrons. The Kier molecular flexibility index (Phi) is 7.27. The van der Waals surface area contributed by atoms with Gasteiger partial charge in [0.25, 0.3) is 0 Å². The van der Waals surface area contributed by atoms with Crippen LogP contribution in [-0.4, -0.2) is 0 Å². The molecule has 0 heterocycles. The van der Waals surface area contributed by atoms with Gasteiger partial charge in [-0.3, -0.25) is 0 Å². The Morgan fingerprint density at radius 1 is 1.07 bits per heavy atom. The topological polar surface area (TPSA) is 0 Å². The summed E-state index contributed by atoms with van der Waals surface area (Å²) in [5.74, 6) is 0. The monoisotopic (exact) mass is 206 g/mol. The first-order valence-electron chi connectivity index (χ1n) is 6.63. The highest BCUT2D eigenvalue weighted by Gasteiger charge is 1.86. The summed E-state index contributed by atoms with van der Waals surface area (Å²) in [7, 11) is 0. The fourth-order valence-corrected chi connectivity index (χ4v) is 1.09. The Labute approximate surface area is 97.4 Å². The molecule has 0 atom stereocenters. The summed E-state index contributed by atoms with van der Waals surface area (Å²) in [4.78, 5) is 0. The third-order valence-electron chi connectivity index (χ3n) is 1.90. The predicted molar refractivity (Wildman–Crippen MR) is 72.2 cm³/mol. The van der Waals surface area contributed by atoms with Crippen LogP contribution in [0.2, 0.25) is 0 Å². The van der Waals surface area contributed by atoms with E-state index >= 15 is 0 Å². The number of rotatable bonds is 0. The standard InChI is InChI=1S/C7H8.C6H8.C2H6.H2/c1-7-5-3-2-4-6-7;1-6-4-2-3-5-6;1-2;/h2-6H,1H3;2-4H,5H2,1H3;1-2H3;1H/i;;;1+1D. The lowest BCUT2D eigenvalue weighted by molar-refractivity contribution is 1.25. The zero-order valence-electron chi connectivity index (χ0n) is 12.3. The van der Waals surface area contributed by atoms with E-state index in [2.05, 4.69) is 44.2 Å². The van der Waals surface area contributed by atoms with Gasteiger partial charge in [0.1, 0.15) is 0 Å². The SMILES string of the molecule is CC.CC1=CC=CC1.Cc1ccccc1.[2H][2H]. The van der Waals surface area contributed by atoms with E-state index in [9.17, 15) is 0 Å². The van der Waals surface area contributed by atoms with Crippen LogP contribution in [0.3, 0.4) is 0 Å². The molecule has 15 heavy (non-hydrogen) atoms. The fourth-order valence-electron chi connectivity index (χ4n) is 1.09. The maximum atomic E-state index is 5.00. The van der Waals surface area contributed by atoms with E-state index in [1.807, 2.05) is 32.0 Å². The maximum Gasteiger partial charge on any atom is 0 e. The normalized spacial score (nSPS) is 12.4. The first-order chi connectivity index (χ1) is 8.29. The number of hydrogen-bond acceptors (Lipinski definition) is 0. The van der Waals surface area contributed by atoms with Gasteiger partial charge >= 0.3 is 0 Å². The van der Waals surface area contributed by atoms with Crippen molar-refractivity contribution >= 4 is 0 Å². The van der Waals surface area contributed by atoms with Crippen molar-refractivity contribution in [2.75, 3.05) is 0 Å². The van der Waals surface area contributed by atoms with Crippen LogP contribution in [0, 0.1) is 6.92 Å². The molecular weight excluding hydrogens is 180 g/mol. The largest absolute Gasteiger partial charge is 0.0805 e. The minimum absolute atomic E-state index is 1.17. The number of allylic oxidation sites excluding steroid dienone is 4. The first kappa shape index (κ1) is 11.8. The molecule has 0 fully saturated rings. The molecule has 0 nitrogen and oxygen atoms in total. The highest BCUT2D eigenvalue weighted by Crippen LogP contribution is 2.06. The molecule has 0 N–H and O–H groups in total. The van der Waals surface area contributed by atoms with Crippen molar-refractivity contribution in [3.05, 3.63) is 59.7 Å². The summed E-state index contributed by atoms with van der Waals surface area (Å²) in [5, 5.41) is 0. The van der Waals surface area contributed by atoms with Crippen LogP contribution in [0.15, 0.2) is 54.1 Å². The van der Waals surface area contributed by atoms with Gasteiger partial charge in [-0.05, 0) is 20.3 Å². The van der Waals surface area contributed by atoms with Crippen LogP contribution in [0.4, 0.5) is 0 Å². The second-order valence-corrected chi connectivity index (χ2v) is 3.30. The quantitative estimate of drug-likeness (QED) is 0.550. The lowest BCUT2D eigenvalue weighted by Gasteiger charge is -1.82. The Bertz CT molecular complexity index is 300. The molecule has 1 aromatic carbocycles. The average molecular weight is 206 g/mol. The van der Waals surface area contributed by atoms with Crippen LogP contribution >= 0.6 is 0 Å². The van der Waals surface area contributed by atoms with Crippen molar-refractivity contribution in [3.8, 4) is 0 Å². The van der Waals surface area contributed by atoms with Crippen LogP contribution in [-0.2, 0) is 0 Å². The Morgan fingerprint density at radius 2 is 1.67 bits per heavy atom. The van der Waals surface area contributed by atoms with Gasteiger partial charge in [0.2, 0.25) is 0 Å². The van der Waals surface area contributed by atoms with Crippen LogP contribution in [0.1, 0.15) is 35.7 Å². The van der Waals surface area contributed by atoms with E-state index in [-0.39, 0.29) is 0 Å². The Morgan fingerprint density at radius 3 is 1.87 bits per heavy atom. The molecule has 0 radical (unpaired) electrons. The Hall–Kier alpha value is -1.30. The molecule has 0 bridgehead atoms. The molecule has 1 aliphatic carbocycles. The minimum atomic E-state index is 1.17. The lowest BCUT2D eigenvalue weighted by atomic mass is 10.2. The summed E-state index contributed by atoms with van der Waals surface area (Å²) >= 11 is 0. The molecule has 0 saturated carbocycles. The molecular formula is C15H24. The van der Waals surface area contributed by atoms with Crippen molar-refractivity contribution in [2.24, 2.45) is 0 Å². The summed E-state index contributed by atoms with van der Waals surface area (Å²) in [6.45, 7) is 8.22. The zero-order chi connectivity index (χ0) is 13.5. The molecule has 0 amide bonds. The van der Waals surface area contributed by atoms with Crippen molar-refractivity contribution in [3.63, 3.8) is 0 Å².